The summed E-state index contributed by atoms with van der Waals surface area (Å²) in [6, 6.07) is 16.3. The Bertz CT molecular complexity index is 1960. The van der Waals surface area contributed by atoms with Gasteiger partial charge < -0.3 is 14.8 Å². The highest BCUT2D eigenvalue weighted by molar-refractivity contribution is 7.14. The molecule has 11 nitrogen and oxygen atoms in total. The van der Waals surface area contributed by atoms with Crippen LogP contribution < -0.4 is 20.1 Å². The van der Waals surface area contributed by atoms with Crippen LogP contribution in [0.1, 0.15) is 16.1 Å². The van der Waals surface area contributed by atoms with Gasteiger partial charge in [0.2, 0.25) is 5.91 Å². The van der Waals surface area contributed by atoms with E-state index in [1.54, 1.807) is 63.3 Å². The minimum Gasteiger partial charge on any atom is -0.493 e. The summed E-state index contributed by atoms with van der Waals surface area (Å²) >= 11 is 2.63. The molecule has 0 saturated carbocycles. The summed E-state index contributed by atoms with van der Waals surface area (Å²) in [6.45, 7) is 0. The van der Waals surface area contributed by atoms with Crippen LogP contribution in [0.5, 0.6) is 11.5 Å². The van der Waals surface area contributed by atoms with E-state index in [0.717, 1.165) is 16.8 Å². The van der Waals surface area contributed by atoms with Crippen LogP contribution in [0.2, 0.25) is 0 Å². The van der Waals surface area contributed by atoms with Crippen LogP contribution in [-0.2, 0) is 11.2 Å². The molecule has 6 rings (SSSR count). The molecule has 0 radical (unpaired) electrons. The monoisotopic (exact) mass is 635 g/mol. The second-order valence-corrected chi connectivity index (χ2v) is 11.2. The maximum Gasteiger partial charge on any atom is 0.276 e. The van der Waals surface area contributed by atoms with Crippen molar-refractivity contribution in [3.05, 3.63) is 101 Å². The van der Waals surface area contributed by atoms with Gasteiger partial charge in [-0.25, -0.2) is 9.97 Å². The van der Waals surface area contributed by atoms with Crippen LogP contribution in [0.3, 0.4) is 0 Å². The van der Waals surface area contributed by atoms with E-state index in [1.807, 2.05) is 41.1 Å². The number of aromatic nitrogens is 5. The number of nitrogens with one attached hydrogen (secondary N) is 2. The molecule has 5 aromatic heterocycles. The van der Waals surface area contributed by atoms with Gasteiger partial charge in [-0.2, -0.15) is 0 Å². The molecule has 0 aliphatic heterocycles. The van der Waals surface area contributed by atoms with Gasteiger partial charge in [0.15, 0.2) is 21.8 Å². The minimum absolute atomic E-state index is 0.0738. The van der Waals surface area contributed by atoms with Crippen molar-refractivity contribution in [3.8, 4) is 45.3 Å². The molecule has 45 heavy (non-hydrogen) atoms. The number of amides is 2. The molecule has 0 spiro atoms. The van der Waals surface area contributed by atoms with Gasteiger partial charge in [0.25, 0.3) is 5.91 Å². The molecule has 2 amide bonds. The van der Waals surface area contributed by atoms with Crippen LogP contribution in [-0.4, -0.2) is 51.0 Å². The maximum atomic E-state index is 13.1. The average Bonchev–Trinajstić information content (AvgIpc) is 3.75. The third-order valence-corrected chi connectivity index (χ3v) is 8.06. The van der Waals surface area contributed by atoms with Gasteiger partial charge in [0.05, 0.1) is 32.0 Å². The summed E-state index contributed by atoms with van der Waals surface area (Å²) in [7, 11) is 3.11. The molecule has 2 N–H and O–H groups in total. The summed E-state index contributed by atoms with van der Waals surface area (Å²) in [6.07, 6.45) is 6.73. The lowest BCUT2D eigenvalue weighted by Gasteiger charge is -2.15. The number of pyridine rings is 3. The minimum atomic E-state index is -0.343. The lowest BCUT2D eigenvalue weighted by Crippen LogP contribution is -2.14. The van der Waals surface area contributed by atoms with Crippen molar-refractivity contribution in [3.63, 3.8) is 0 Å². The van der Waals surface area contributed by atoms with Crippen molar-refractivity contribution in [2.45, 2.75) is 6.42 Å². The summed E-state index contributed by atoms with van der Waals surface area (Å²) in [5, 5.41) is 10.3. The fraction of sp³-hybridized carbons (Fsp3) is 0.0938. The Balaban J connectivity index is 1.22. The van der Waals surface area contributed by atoms with Crippen molar-refractivity contribution in [1.82, 2.24) is 24.9 Å². The van der Waals surface area contributed by atoms with Gasteiger partial charge in [-0.05, 0) is 48.0 Å². The number of hydrogen-bond donors (Lipinski definition) is 2. The van der Waals surface area contributed by atoms with Crippen LogP contribution in [0.15, 0.2) is 90.1 Å². The molecule has 0 bridgehead atoms. The number of methoxy groups -OCH3 is 2. The quantitative estimate of drug-likeness (QED) is 0.179. The van der Waals surface area contributed by atoms with Crippen molar-refractivity contribution in [2.24, 2.45) is 0 Å². The largest absolute Gasteiger partial charge is 0.493 e. The van der Waals surface area contributed by atoms with Crippen LogP contribution in [0.25, 0.3) is 33.8 Å². The van der Waals surface area contributed by atoms with Crippen LogP contribution in [0.4, 0.5) is 10.3 Å². The zero-order valence-corrected chi connectivity index (χ0v) is 25.7. The van der Waals surface area contributed by atoms with E-state index in [2.05, 4.69) is 35.6 Å². The lowest BCUT2D eigenvalue weighted by atomic mass is 9.99. The smallest absolute Gasteiger partial charge is 0.276 e. The second kappa shape index (κ2) is 13.4. The molecular weight excluding hydrogens is 611 g/mol. The molecule has 0 atom stereocenters. The van der Waals surface area contributed by atoms with E-state index < -0.39 is 0 Å². The number of nitrogens with zero attached hydrogens (tertiary/aromatic N) is 5. The Morgan fingerprint density at radius 2 is 1.51 bits per heavy atom. The molecule has 5 heterocycles. The SMILES string of the molecule is COc1cc(CC(=O)Nc2nc(-c3ccccn3)cs2)cc(-c2cncc(-c3csc(NC(=O)c4ccccn4)n3)c2)c1OC. The first-order chi connectivity index (χ1) is 22.0. The molecule has 0 aliphatic rings. The van der Waals surface area contributed by atoms with Crippen molar-refractivity contribution < 1.29 is 19.1 Å². The Morgan fingerprint density at radius 1 is 0.778 bits per heavy atom. The molecule has 6 aromatic rings. The van der Waals surface area contributed by atoms with Gasteiger partial charge in [-0.3, -0.25) is 29.9 Å². The summed E-state index contributed by atoms with van der Waals surface area (Å²) in [5.41, 5.74) is 5.24. The Kier molecular flexibility index (Phi) is 8.80. The highest BCUT2D eigenvalue weighted by atomic mass is 32.1. The van der Waals surface area contributed by atoms with E-state index in [0.29, 0.717) is 50.0 Å². The molecule has 0 unspecified atom stereocenters. The van der Waals surface area contributed by atoms with E-state index in [-0.39, 0.29) is 18.2 Å². The van der Waals surface area contributed by atoms with Gasteiger partial charge in [0.1, 0.15) is 11.4 Å². The van der Waals surface area contributed by atoms with Gasteiger partial charge in [0, 0.05) is 52.2 Å². The van der Waals surface area contributed by atoms with E-state index in [4.69, 9.17) is 9.47 Å². The van der Waals surface area contributed by atoms with E-state index in [1.165, 1.54) is 22.7 Å². The number of anilines is 2. The van der Waals surface area contributed by atoms with Crippen LogP contribution >= 0.6 is 22.7 Å². The van der Waals surface area contributed by atoms with Gasteiger partial charge in [-0.15, -0.1) is 22.7 Å². The number of carbonyl (C=O) groups excluding carboxylic acids is 2. The van der Waals surface area contributed by atoms with Gasteiger partial charge >= 0.3 is 0 Å². The zero-order valence-electron chi connectivity index (χ0n) is 24.1. The predicted molar refractivity (Wildman–Crippen MR) is 174 cm³/mol. The number of thiazole rings is 2. The van der Waals surface area contributed by atoms with Crippen molar-refractivity contribution >= 4 is 44.8 Å². The third-order valence-electron chi connectivity index (χ3n) is 6.55. The average molecular weight is 636 g/mol. The molecule has 13 heteroatoms. The van der Waals surface area contributed by atoms with Crippen molar-refractivity contribution in [1.29, 1.82) is 0 Å². The number of carbonyl (C=O) groups is 2. The molecule has 1 aromatic carbocycles. The highest BCUT2D eigenvalue weighted by Gasteiger charge is 2.18. The first-order valence-electron chi connectivity index (χ1n) is 13.6. The number of ether oxygens (including phenoxy) is 2. The maximum absolute atomic E-state index is 13.1. The zero-order chi connectivity index (χ0) is 31.2. The van der Waals surface area contributed by atoms with Crippen molar-refractivity contribution in [2.75, 3.05) is 24.9 Å². The molecular formula is C32H25N7O4S2. The molecule has 0 saturated heterocycles. The summed E-state index contributed by atoms with van der Waals surface area (Å²) in [4.78, 5) is 47.5. The topological polar surface area (TPSA) is 141 Å². The molecule has 224 valence electrons. The molecule has 0 fully saturated rings. The number of hydrogen-bond acceptors (Lipinski definition) is 11. The Labute approximate surface area is 266 Å². The first-order valence-corrected chi connectivity index (χ1v) is 15.3. The predicted octanol–water partition coefficient (Wildman–Crippen LogP) is 6.24. The van der Waals surface area contributed by atoms with E-state index in [9.17, 15) is 9.59 Å². The van der Waals surface area contributed by atoms with E-state index >= 15 is 0 Å². The molecule has 0 aliphatic carbocycles. The highest BCUT2D eigenvalue weighted by Crippen LogP contribution is 2.40. The standard InChI is InChI=1S/C32H25N7O4S2/c1-42-27-12-19(13-28(40)38-31-37-26(18-45-31)23-7-3-5-9-34-23)11-22(29(27)43-2)20-14-21(16-33-15-20)25-17-44-32(36-25)39-30(41)24-8-4-6-10-35-24/h3-12,14-18H,13H2,1-2H3,(H,36,39,41)(H,37,38,40). The summed E-state index contributed by atoms with van der Waals surface area (Å²) in [5.74, 6) is 0.402. The normalized spacial score (nSPS) is 10.7. The Hall–Kier alpha value is -5.53. The third kappa shape index (κ3) is 6.84. The second-order valence-electron chi connectivity index (χ2n) is 9.53. The Morgan fingerprint density at radius 3 is 2.24 bits per heavy atom. The van der Waals surface area contributed by atoms with Gasteiger partial charge in [-0.1, -0.05) is 12.1 Å². The van der Waals surface area contributed by atoms with Crippen LogP contribution in [0, 0.1) is 0 Å². The number of rotatable bonds is 10. The first kappa shape index (κ1) is 29.5. The number of benzene rings is 1. The fourth-order valence-corrected chi connectivity index (χ4v) is 5.93. The summed E-state index contributed by atoms with van der Waals surface area (Å²) < 4.78 is 11.4. The lowest BCUT2D eigenvalue weighted by molar-refractivity contribution is -0.115. The fourth-order valence-electron chi connectivity index (χ4n) is 4.50.